The Morgan fingerprint density at radius 3 is 2.50 bits per heavy atom. The number of halogens is 2. The zero-order chi connectivity index (χ0) is 13.1. The predicted molar refractivity (Wildman–Crippen MR) is 80.2 cm³/mol. The van der Waals surface area contributed by atoms with Crippen molar-refractivity contribution in [3.8, 4) is 0 Å². The molecule has 0 saturated heterocycles. The summed E-state index contributed by atoms with van der Waals surface area (Å²) >= 11 is 9.54. The van der Waals surface area contributed by atoms with Gasteiger partial charge in [0.05, 0.1) is 5.69 Å². The lowest BCUT2D eigenvalue weighted by Crippen LogP contribution is -2.08. The fourth-order valence-corrected chi connectivity index (χ4v) is 2.27. The maximum atomic E-state index is 6.11. The first-order chi connectivity index (χ1) is 8.58. The molecule has 18 heavy (non-hydrogen) atoms. The average Bonchev–Trinajstić information content (AvgIpc) is 2.34. The lowest BCUT2D eigenvalue weighted by Gasteiger charge is -2.18. The zero-order valence-electron chi connectivity index (χ0n) is 10.2. The van der Waals surface area contributed by atoms with Crippen molar-refractivity contribution in [2.45, 2.75) is 19.9 Å². The van der Waals surface area contributed by atoms with Gasteiger partial charge in [0.25, 0.3) is 0 Å². The third-order valence-electron chi connectivity index (χ3n) is 2.84. The lowest BCUT2D eigenvalue weighted by molar-refractivity contribution is 0.880. The zero-order valence-corrected chi connectivity index (χ0v) is 12.6. The van der Waals surface area contributed by atoms with Crippen molar-refractivity contribution in [3.05, 3.63) is 57.3 Å². The molecule has 94 valence electrons. The van der Waals surface area contributed by atoms with E-state index >= 15 is 0 Å². The number of nitrogens with one attached hydrogen (secondary N) is 1. The molecule has 1 N–H and O–H groups in total. The second-order valence-corrected chi connectivity index (χ2v) is 5.48. The van der Waals surface area contributed by atoms with Crippen LogP contribution in [0, 0.1) is 6.92 Å². The molecular formula is C14H14BrClN2. The Morgan fingerprint density at radius 2 is 1.89 bits per heavy atom. The van der Waals surface area contributed by atoms with Gasteiger partial charge in [-0.3, -0.25) is 0 Å². The molecule has 0 fully saturated rings. The summed E-state index contributed by atoms with van der Waals surface area (Å²) in [6.45, 7) is 4.12. The number of aryl methyl sites for hydroxylation is 1. The summed E-state index contributed by atoms with van der Waals surface area (Å²) in [7, 11) is 0. The second-order valence-electron chi connectivity index (χ2n) is 4.21. The molecule has 0 aliphatic rings. The molecule has 2 aromatic rings. The molecule has 1 atom stereocenters. The highest BCUT2D eigenvalue weighted by Crippen LogP contribution is 2.27. The standard InChI is InChI=1S/C14H14BrClN2/c1-9-7-8-17-14(16)13(9)18-10(2)11-3-5-12(15)6-4-11/h3-8,10,18H,1-2H3. The van der Waals surface area contributed by atoms with Gasteiger partial charge in [0, 0.05) is 16.7 Å². The van der Waals surface area contributed by atoms with Gasteiger partial charge in [-0.1, -0.05) is 39.7 Å². The summed E-state index contributed by atoms with van der Waals surface area (Å²) in [4.78, 5) is 4.10. The molecule has 2 nitrogen and oxygen atoms in total. The highest BCUT2D eigenvalue weighted by atomic mass is 79.9. The van der Waals surface area contributed by atoms with E-state index in [4.69, 9.17) is 11.6 Å². The molecule has 2 rings (SSSR count). The Morgan fingerprint density at radius 1 is 1.22 bits per heavy atom. The van der Waals surface area contributed by atoms with E-state index < -0.39 is 0 Å². The number of nitrogens with zero attached hydrogens (tertiary/aromatic N) is 1. The van der Waals surface area contributed by atoms with Gasteiger partial charge in [-0.2, -0.15) is 0 Å². The summed E-state index contributed by atoms with van der Waals surface area (Å²) < 4.78 is 1.08. The molecule has 0 amide bonds. The Kier molecular flexibility index (Phi) is 4.25. The Labute approximate surface area is 121 Å². The largest absolute Gasteiger partial charge is 0.376 e. The number of aromatic nitrogens is 1. The molecule has 0 spiro atoms. The first-order valence-corrected chi connectivity index (χ1v) is 6.88. The molecule has 0 aliphatic carbocycles. The van der Waals surface area contributed by atoms with E-state index in [9.17, 15) is 0 Å². The van der Waals surface area contributed by atoms with Crippen LogP contribution in [-0.2, 0) is 0 Å². The predicted octanol–water partition coefficient (Wildman–Crippen LogP) is 4.98. The van der Waals surface area contributed by atoms with Crippen molar-refractivity contribution in [2.75, 3.05) is 5.32 Å². The first kappa shape index (κ1) is 13.4. The topological polar surface area (TPSA) is 24.9 Å². The lowest BCUT2D eigenvalue weighted by atomic mass is 10.1. The van der Waals surface area contributed by atoms with Gasteiger partial charge >= 0.3 is 0 Å². The van der Waals surface area contributed by atoms with Gasteiger partial charge in [0.1, 0.15) is 0 Å². The summed E-state index contributed by atoms with van der Waals surface area (Å²) in [5, 5.41) is 3.92. The van der Waals surface area contributed by atoms with E-state index in [0.717, 1.165) is 15.7 Å². The van der Waals surface area contributed by atoms with Crippen LogP contribution in [0.5, 0.6) is 0 Å². The van der Waals surface area contributed by atoms with Crippen molar-refractivity contribution < 1.29 is 0 Å². The highest BCUT2D eigenvalue weighted by molar-refractivity contribution is 9.10. The molecule has 0 aliphatic heterocycles. The number of pyridine rings is 1. The Hall–Kier alpha value is -1.06. The number of benzene rings is 1. The number of hydrogen-bond donors (Lipinski definition) is 1. The van der Waals surface area contributed by atoms with Crippen LogP contribution in [0.3, 0.4) is 0 Å². The summed E-state index contributed by atoms with van der Waals surface area (Å²) in [5.74, 6) is 0. The molecule has 1 unspecified atom stereocenters. The monoisotopic (exact) mass is 324 g/mol. The minimum atomic E-state index is 0.179. The van der Waals surface area contributed by atoms with E-state index in [-0.39, 0.29) is 6.04 Å². The number of rotatable bonds is 3. The normalized spacial score (nSPS) is 12.2. The quantitative estimate of drug-likeness (QED) is 0.805. The maximum Gasteiger partial charge on any atom is 0.152 e. The highest BCUT2D eigenvalue weighted by Gasteiger charge is 2.10. The average molecular weight is 326 g/mol. The summed E-state index contributed by atoms with van der Waals surface area (Å²) in [6, 6.07) is 10.4. The first-order valence-electron chi connectivity index (χ1n) is 5.71. The van der Waals surface area contributed by atoms with Gasteiger partial charge in [0.15, 0.2) is 5.15 Å². The van der Waals surface area contributed by atoms with Crippen LogP contribution in [0.15, 0.2) is 41.0 Å². The second kappa shape index (κ2) is 5.72. The van der Waals surface area contributed by atoms with Gasteiger partial charge < -0.3 is 5.32 Å². The van der Waals surface area contributed by atoms with Crippen molar-refractivity contribution in [3.63, 3.8) is 0 Å². The maximum absolute atomic E-state index is 6.11. The van der Waals surface area contributed by atoms with E-state index in [2.05, 4.69) is 45.3 Å². The van der Waals surface area contributed by atoms with E-state index in [1.54, 1.807) is 6.20 Å². The summed E-state index contributed by atoms with van der Waals surface area (Å²) in [6.07, 6.45) is 1.72. The van der Waals surface area contributed by atoms with Crippen LogP contribution < -0.4 is 5.32 Å². The SMILES string of the molecule is Cc1ccnc(Cl)c1NC(C)c1ccc(Br)cc1. The summed E-state index contributed by atoms with van der Waals surface area (Å²) in [5.41, 5.74) is 3.20. The minimum absolute atomic E-state index is 0.179. The fourth-order valence-electron chi connectivity index (χ4n) is 1.75. The van der Waals surface area contributed by atoms with E-state index in [1.807, 2.05) is 25.1 Å². The molecular weight excluding hydrogens is 312 g/mol. The minimum Gasteiger partial charge on any atom is -0.376 e. The van der Waals surface area contributed by atoms with Crippen LogP contribution in [0.4, 0.5) is 5.69 Å². The molecule has 1 heterocycles. The molecule has 0 saturated carbocycles. The van der Waals surface area contributed by atoms with Gasteiger partial charge in [-0.05, 0) is 43.2 Å². The molecule has 1 aromatic carbocycles. The number of anilines is 1. The van der Waals surface area contributed by atoms with Crippen molar-refractivity contribution >= 4 is 33.2 Å². The smallest absolute Gasteiger partial charge is 0.152 e. The van der Waals surface area contributed by atoms with Crippen LogP contribution in [-0.4, -0.2) is 4.98 Å². The van der Waals surface area contributed by atoms with Crippen LogP contribution in [0.25, 0.3) is 0 Å². The molecule has 0 bridgehead atoms. The van der Waals surface area contributed by atoms with Gasteiger partial charge in [0.2, 0.25) is 0 Å². The van der Waals surface area contributed by atoms with Gasteiger partial charge in [-0.15, -0.1) is 0 Å². The number of hydrogen-bond acceptors (Lipinski definition) is 2. The van der Waals surface area contributed by atoms with Crippen LogP contribution in [0.1, 0.15) is 24.1 Å². The van der Waals surface area contributed by atoms with Crippen LogP contribution >= 0.6 is 27.5 Å². The van der Waals surface area contributed by atoms with Crippen molar-refractivity contribution in [1.82, 2.24) is 4.98 Å². The third kappa shape index (κ3) is 3.03. The molecule has 1 aromatic heterocycles. The third-order valence-corrected chi connectivity index (χ3v) is 3.66. The molecule has 4 heteroatoms. The Balaban J connectivity index is 2.21. The van der Waals surface area contributed by atoms with Gasteiger partial charge in [-0.25, -0.2) is 4.98 Å². The Bertz CT molecular complexity index is 520. The van der Waals surface area contributed by atoms with Crippen molar-refractivity contribution in [2.24, 2.45) is 0 Å². The van der Waals surface area contributed by atoms with E-state index in [0.29, 0.717) is 5.15 Å². The fraction of sp³-hybridized carbons (Fsp3) is 0.214. The van der Waals surface area contributed by atoms with Crippen molar-refractivity contribution in [1.29, 1.82) is 0 Å². The molecule has 0 radical (unpaired) electrons. The van der Waals surface area contributed by atoms with Crippen LogP contribution in [0.2, 0.25) is 5.15 Å². The van der Waals surface area contributed by atoms with E-state index in [1.165, 1.54) is 5.56 Å².